The molecule has 0 saturated carbocycles. The number of aliphatic imine (C=N–C) groups is 1. The predicted octanol–water partition coefficient (Wildman–Crippen LogP) is 2.27. The topological polar surface area (TPSA) is 73.8 Å². The Labute approximate surface area is 155 Å². The molecular weight excluding hydrogens is 336 g/mol. The molecule has 7 heteroatoms. The maximum Gasteiger partial charge on any atom is 0.191 e. The molecule has 25 heavy (non-hydrogen) atoms. The molecule has 0 bridgehead atoms. The van der Waals surface area contributed by atoms with Crippen molar-refractivity contribution in [2.75, 3.05) is 38.5 Å². The highest BCUT2D eigenvalue weighted by atomic mass is 32.2. The molecule has 0 amide bonds. The van der Waals surface area contributed by atoms with E-state index < -0.39 is 14.6 Å². The van der Waals surface area contributed by atoms with Crippen molar-refractivity contribution >= 4 is 15.8 Å². The third kappa shape index (κ3) is 10.0. The Morgan fingerprint density at radius 1 is 1.16 bits per heavy atom. The zero-order chi connectivity index (χ0) is 19.5. The van der Waals surface area contributed by atoms with Crippen LogP contribution in [0.4, 0.5) is 0 Å². The summed E-state index contributed by atoms with van der Waals surface area (Å²) in [6, 6.07) is 0.299. The molecule has 0 spiro atoms. The Morgan fingerprint density at radius 2 is 1.76 bits per heavy atom. The molecule has 0 aromatic rings. The van der Waals surface area contributed by atoms with Gasteiger partial charge in [-0.15, -0.1) is 0 Å². The van der Waals surface area contributed by atoms with Crippen LogP contribution < -0.4 is 10.6 Å². The first-order chi connectivity index (χ1) is 11.6. The summed E-state index contributed by atoms with van der Waals surface area (Å²) >= 11 is 0. The van der Waals surface area contributed by atoms with Crippen LogP contribution in [0.5, 0.6) is 0 Å². The highest BCUT2D eigenvalue weighted by Crippen LogP contribution is 2.15. The summed E-state index contributed by atoms with van der Waals surface area (Å²) in [5.41, 5.74) is 0. The number of nitrogens with zero attached hydrogens (tertiary/aromatic N) is 2. The lowest BCUT2D eigenvalue weighted by Gasteiger charge is -2.21. The van der Waals surface area contributed by atoms with Crippen LogP contribution in [0.1, 0.15) is 61.3 Å². The van der Waals surface area contributed by atoms with E-state index in [9.17, 15) is 8.42 Å². The van der Waals surface area contributed by atoms with Crippen LogP contribution in [0.2, 0.25) is 0 Å². The van der Waals surface area contributed by atoms with Gasteiger partial charge in [-0.3, -0.25) is 4.99 Å². The van der Waals surface area contributed by atoms with Gasteiger partial charge < -0.3 is 15.5 Å². The zero-order valence-electron chi connectivity index (χ0n) is 17.4. The largest absolute Gasteiger partial charge is 0.357 e. The fourth-order valence-electron chi connectivity index (χ4n) is 2.37. The Hall–Kier alpha value is -0.820. The number of rotatable bonds is 11. The minimum Gasteiger partial charge on any atom is -0.357 e. The summed E-state index contributed by atoms with van der Waals surface area (Å²) in [7, 11) is -3.13. The van der Waals surface area contributed by atoms with E-state index in [0.29, 0.717) is 12.0 Å². The fourth-order valence-corrected chi connectivity index (χ4v) is 3.31. The first-order valence-electron chi connectivity index (χ1n) is 9.56. The average molecular weight is 377 g/mol. The van der Waals surface area contributed by atoms with Gasteiger partial charge in [-0.1, -0.05) is 13.8 Å². The third-order valence-electron chi connectivity index (χ3n) is 4.30. The Bertz CT molecular complexity index is 480. The lowest BCUT2D eigenvalue weighted by Crippen LogP contribution is -2.43. The van der Waals surface area contributed by atoms with Gasteiger partial charge in [-0.05, 0) is 67.1 Å². The average Bonchev–Trinajstić information content (AvgIpc) is 2.50. The van der Waals surface area contributed by atoms with E-state index in [1.807, 2.05) is 6.92 Å². The van der Waals surface area contributed by atoms with Gasteiger partial charge in [0.2, 0.25) is 0 Å². The summed E-state index contributed by atoms with van der Waals surface area (Å²) in [5.74, 6) is 0.769. The summed E-state index contributed by atoms with van der Waals surface area (Å²) < 4.78 is 23.6. The molecule has 0 aliphatic heterocycles. The van der Waals surface area contributed by atoms with Crippen molar-refractivity contribution in [2.24, 2.45) is 4.99 Å². The van der Waals surface area contributed by atoms with Crippen molar-refractivity contribution in [3.63, 3.8) is 0 Å². The lowest BCUT2D eigenvalue weighted by atomic mass is 10.2. The van der Waals surface area contributed by atoms with Crippen LogP contribution >= 0.6 is 0 Å². The second-order valence-corrected chi connectivity index (χ2v) is 10.3. The Morgan fingerprint density at radius 3 is 2.24 bits per heavy atom. The van der Waals surface area contributed by atoms with Gasteiger partial charge >= 0.3 is 0 Å². The van der Waals surface area contributed by atoms with E-state index in [1.54, 1.807) is 20.8 Å². The fraction of sp³-hybridized carbons (Fsp3) is 0.944. The van der Waals surface area contributed by atoms with Crippen LogP contribution in [0.3, 0.4) is 0 Å². The van der Waals surface area contributed by atoms with Crippen molar-refractivity contribution in [1.29, 1.82) is 0 Å². The molecule has 0 aliphatic carbocycles. The zero-order valence-corrected chi connectivity index (χ0v) is 18.2. The minimum absolute atomic E-state index is 0.0728. The highest BCUT2D eigenvalue weighted by Gasteiger charge is 2.28. The van der Waals surface area contributed by atoms with E-state index in [2.05, 4.69) is 41.3 Å². The van der Waals surface area contributed by atoms with Gasteiger partial charge in [0.25, 0.3) is 0 Å². The van der Waals surface area contributed by atoms with Crippen LogP contribution in [0.15, 0.2) is 4.99 Å². The van der Waals surface area contributed by atoms with Crippen molar-refractivity contribution in [3.8, 4) is 0 Å². The van der Waals surface area contributed by atoms with Crippen molar-refractivity contribution in [2.45, 2.75) is 72.1 Å². The smallest absolute Gasteiger partial charge is 0.191 e. The van der Waals surface area contributed by atoms with Crippen LogP contribution in [-0.2, 0) is 9.84 Å². The second-order valence-electron chi connectivity index (χ2n) is 7.41. The van der Waals surface area contributed by atoms with Gasteiger partial charge in [0.05, 0.1) is 17.0 Å². The molecule has 0 fully saturated rings. The van der Waals surface area contributed by atoms with E-state index in [1.165, 1.54) is 0 Å². The van der Waals surface area contributed by atoms with E-state index in [-0.39, 0.29) is 12.3 Å². The maximum atomic E-state index is 12.2. The molecule has 1 atom stereocenters. The predicted molar refractivity (Wildman–Crippen MR) is 109 cm³/mol. The van der Waals surface area contributed by atoms with E-state index >= 15 is 0 Å². The van der Waals surface area contributed by atoms with Gasteiger partial charge in [-0.25, -0.2) is 8.42 Å². The second kappa shape index (κ2) is 11.7. The van der Waals surface area contributed by atoms with Crippen molar-refractivity contribution < 1.29 is 8.42 Å². The molecule has 0 radical (unpaired) electrons. The lowest BCUT2D eigenvalue weighted by molar-refractivity contribution is 0.292. The number of hydrogen-bond acceptors (Lipinski definition) is 4. The van der Waals surface area contributed by atoms with Gasteiger partial charge in [0.15, 0.2) is 15.8 Å². The first kappa shape index (κ1) is 24.2. The van der Waals surface area contributed by atoms with E-state index in [0.717, 1.165) is 39.0 Å². The SMILES string of the molecule is CCNC(=NCCS(=O)(=O)C(C)(C)C)NC(C)CCCN(CC)CC. The molecule has 2 N–H and O–H groups in total. The summed E-state index contributed by atoms with van der Waals surface area (Å²) in [4.78, 5) is 6.85. The number of hydrogen-bond donors (Lipinski definition) is 2. The molecular formula is C18H40N4O2S. The molecule has 0 aliphatic rings. The molecule has 0 aromatic carbocycles. The highest BCUT2D eigenvalue weighted by molar-refractivity contribution is 7.92. The van der Waals surface area contributed by atoms with Gasteiger partial charge in [-0.2, -0.15) is 0 Å². The molecule has 0 aromatic heterocycles. The van der Waals surface area contributed by atoms with Gasteiger partial charge in [0.1, 0.15) is 0 Å². The normalized spacial score (nSPS) is 14.6. The molecule has 6 nitrogen and oxygen atoms in total. The summed E-state index contributed by atoms with van der Waals surface area (Å²) in [6.07, 6.45) is 2.19. The summed E-state index contributed by atoms with van der Waals surface area (Å²) in [5, 5.41) is 6.57. The quantitative estimate of drug-likeness (QED) is 0.427. The van der Waals surface area contributed by atoms with Gasteiger partial charge in [0, 0.05) is 12.6 Å². The Balaban J connectivity index is 4.49. The van der Waals surface area contributed by atoms with E-state index in [4.69, 9.17) is 0 Å². The van der Waals surface area contributed by atoms with Crippen molar-refractivity contribution in [1.82, 2.24) is 15.5 Å². The number of guanidine groups is 1. The standard InChI is InChI=1S/C18H40N4O2S/c1-8-19-17(20-13-15-25(23,24)18(5,6)7)21-16(4)12-11-14-22(9-2)10-3/h16H,8-15H2,1-7H3,(H2,19,20,21). The van der Waals surface area contributed by atoms with Crippen molar-refractivity contribution in [3.05, 3.63) is 0 Å². The monoisotopic (exact) mass is 376 g/mol. The summed E-state index contributed by atoms with van der Waals surface area (Å²) in [6.45, 7) is 18.0. The molecule has 0 saturated heterocycles. The van der Waals surface area contributed by atoms with Crippen LogP contribution in [-0.4, -0.2) is 68.5 Å². The molecule has 0 rings (SSSR count). The molecule has 0 heterocycles. The van der Waals surface area contributed by atoms with Crippen LogP contribution in [0, 0.1) is 0 Å². The third-order valence-corrected chi connectivity index (χ3v) is 6.88. The number of nitrogens with one attached hydrogen (secondary N) is 2. The molecule has 150 valence electrons. The Kier molecular flexibility index (Phi) is 11.3. The maximum absolute atomic E-state index is 12.2. The van der Waals surface area contributed by atoms with Crippen LogP contribution in [0.25, 0.3) is 0 Å². The molecule has 1 unspecified atom stereocenters. The minimum atomic E-state index is -3.13. The number of sulfone groups is 1. The first-order valence-corrected chi connectivity index (χ1v) is 11.2.